The Morgan fingerprint density at radius 3 is 2.05 bits per heavy atom. The lowest BCUT2D eigenvalue weighted by Gasteiger charge is -2.08. The van der Waals surface area contributed by atoms with Gasteiger partial charge in [0.2, 0.25) is 10.0 Å². The number of sulfonamides is 1. The van der Waals surface area contributed by atoms with E-state index in [4.69, 9.17) is 0 Å². The molecule has 0 spiro atoms. The van der Waals surface area contributed by atoms with Crippen LogP contribution in [0.1, 0.15) is 5.56 Å². The smallest absolute Gasteiger partial charge is 0.229 e. The minimum Gasteiger partial charge on any atom is -0.508 e. The lowest BCUT2D eigenvalue weighted by molar-refractivity contribution is 0.475. The molecular weight excluding hydrogens is 276 g/mol. The molecule has 0 fully saturated rings. The van der Waals surface area contributed by atoms with Gasteiger partial charge in [0.25, 0.3) is 0 Å². The average molecular weight is 292 g/mol. The fourth-order valence-electron chi connectivity index (χ4n) is 1.69. The summed E-state index contributed by atoms with van der Waals surface area (Å²) in [6.07, 6.45) is 1.12. The van der Waals surface area contributed by atoms with Crippen LogP contribution in [0, 0.1) is 0 Å². The normalized spacial score (nSPS) is 11.1. The largest absolute Gasteiger partial charge is 0.508 e. The van der Waals surface area contributed by atoms with Crippen LogP contribution in [0.25, 0.3) is 0 Å². The van der Waals surface area contributed by atoms with Crippen molar-refractivity contribution in [2.45, 2.75) is 6.54 Å². The van der Waals surface area contributed by atoms with E-state index in [1.807, 2.05) is 12.1 Å². The Bertz CT molecular complexity index is 665. The van der Waals surface area contributed by atoms with Crippen LogP contribution in [-0.2, 0) is 16.6 Å². The molecule has 106 valence electrons. The summed E-state index contributed by atoms with van der Waals surface area (Å²) < 4.78 is 24.6. The molecule has 0 radical (unpaired) electrons. The van der Waals surface area contributed by atoms with Crippen molar-refractivity contribution >= 4 is 21.4 Å². The van der Waals surface area contributed by atoms with E-state index in [1.54, 1.807) is 36.4 Å². The number of hydrogen-bond acceptors (Lipinski definition) is 4. The van der Waals surface area contributed by atoms with Crippen molar-refractivity contribution in [1.82, 2.24) is 0 Å². The van der Waals surface area contributed by atoms with Gasteiger partial charge in [-0.15, -0.1) is 0 Å². The number of hydrogen-bond donors (Lipinski definition) is 3. The van der Waals surface area contributed by atoms with Crippen LogP contribution < -0.4 is 10.0 Å². The first-order valence-electron chi connectivity index (χ1n) is 6.02. The van der Waals surface area contributed by atoms with Gasteiger partial charge in [-0.25, -0.2) is 8.42 Å². The monoisotopic (exact) mass is 292 g/mol. The molecule has 0 aromatic heterocycles. The molecule has 0 unspecified atom stereocenters. The van der Waals surface area contributed by atoms with Crippen LogP contribution in [0.5, 0.6) is 5.75 Å². The topological polar surface area (TPSA) is 78.4 Å². The lowest BCUT2D eigenvalue weighted by atomic mass is 10.2. The quantitative estimate of drug-likeness (QED) is 0.790. The SMILES string of the molecule is CS(=O)(=O)Nc1ccc(NCc2ccc(O)cc2)cc1. The summed E-state index contributed by atoms with van der Waals surface area (Å²) in [4.78, 5) is 0. The summed E-state index contributed by atoms with van der Waals surface area (Å²) in [5.41, 5.74) is 2.46. The molecule has 0 aliphatic rings. The summed E-state index contributed by atoms with van der Waals surface area (Å²) in [5.74, 6) is 0.241. The Labute approximate surface area is 118 Å². The van der Waals surface area contributed by atoms with Gasteiger partial charge in [0.1, 0.15) is 5.75 Å². The number of aromatic hydroxyl groups is 1. The maximum Gasteiger partial charge on any atom is 0.229 e. The molecule has 0 aliphatic heterocycles. The van der Waals surface area contributed by atoms with Crippen molar-refractivity contribution in [2.75, 3.05) is 16.3 Å². The number of phenolic OH excluding ortho intramolecular Hbond substituents is 1. The van der Waals surface area contributed by atoms with E-state index in [1.165, 1.54) is 0 Å². The van der Waals surface area contributed by atoms with Crippen molar-refractivity contribution in [2.24, 2.45) is 0 Å². The van der Waals surface area contributed by atoms with E-state index in [2.05, 4.69) is 10.0 Å². The van der Waals surface area contributed by atoms with Crippen molar-refractivity contribution in [1.29, 1.82) is 0 Å². The Morgan fingerprint density at radius 1 is 0.950 bits per heavy atom. The van der Waals surface area contributed by atoms with Crippen LogP contribution >= 0.6 is 0 Å². The Balaban J connectivity index is 1.95. The number of benzene rings is 2. The summed E-state index contributed by atoms with van der Waals surface area (Å²) >= 11 is 0. The third kappa shape index (κ3) is 4.47. The molecule has 0 atom stereocenters. The van der Waals surface area contributed by atoms with Crippen LogP contribution in [0.2, 0.25) is 0 Å². The summed E-state index contributed by atoms with van der Waals surface area (Å²) in [6.45, 7) is 0.624. The van der Waals surface area contributed by atoms with Crippen molar-refractivity contribution in [3.05, 3.63) is 54.1 Å². The van der Waals surface area contributed by atoms with Crippen LogP contribution in [0.4, 0.5) is 11.4 Å². The highest BCUT2D eigenvalue weighted by atomic mass is 32.2. The number of nitrogens with one attached hydrogen (secondary N) is 2. The zero-order chi connectivity index (χ0) is 14.6. The van der Waals surface area contributed by atoms with Crippen LogP contribution in [0.15, 0.2) is 48.5 Å². The lowest BCUT2D eigenvalue weighted by Crippen LogP contribution is -2.09. The van der Waals surface area contributed by atoms with Gasteiger partial charge in [-0.2, -0.15) is 0 Å². The maximum absolute atomic E-state index is 11.1. The van der Waals surface area contributed by atoms with Gasteiger partial charge in [0, 0.05) is 17.9 Å². The maximum atomic E-state index is 11.1. The van der Waals surface area contributed by atoms with Gasteiger partial charge in [-0.05, 0) is 42.0 Å². The molecule has 2 aromatic rings. The highest BCUT2D eigenvalue weighted by molar-refractivity contribution is 7.92. The molecule has 0 saturated heterocycles. The predicted molar refractivity (Wildman–Crippen MR) is 80.3 cm³/mol. The molecule has 2 rings (SSSR count). The first kappa shape index (κ1) is 14.2. The van der Waals surface area contributed by atoms with Crippen molar-refractivity contribution < 1.29 is 13.5 Å². The number of anilines is 2. The number of phenols is 1. The first-order valence-corrected chi connectivity index (χ1v) is 7.91. The van der Waals surface area contributed by atoms with E-state index in [-0.39, 0.29) is 5.75 Å². The third-order valence-corrected chi connectivity index (χ3v) is 3.23. The summed E-state index contributed by atoms with van der Waals surface area (Å²) in [5, 5.41) is 12.4. The van der Waals surface area contributed by atoms with E-state index < -0.39 is 10.0 Å². The Morgan fingerprint density at radius 2 is 1.50 bits per heavy atom. The minimum atomic E-state index is -3.24. The second-order valence-corrected chi connectivity index (χ2v) is 6.22. The summed E-state index contributed by atoms with van der Waals surface area (Å²) in [6, 6.07) is 13.9. The van der Waals surface area contributed by atoms with Crippen LogP contribution in [-0.4, -0.2) is 19.8 Å². The molecule has 0 saturated carbocycles. The van der Waals surface area contributed by atoms with Gasteiger partial charge in [0.15, 0.2) is 0 Å². The van der Waals surface area contributed by atoms with E-state index in [0.717, 1.165) is 17.5 Å². The van der Waals surface area contributed by atoms with Crippen LogP contribution in [0.3, 0.4) is 0 Å². The third-order valence-electron chi connectivity index (χ3n) is 2.62. The van der Waals surface area contributed by atoms with Crippen molar-refractivity contribution in [3.63, 3.8) is 0 Å². The molecule has 3 N–H and O–H groups in total. The molecule has 0 bridgehead atoms. The van der Waals surface area contributed by atoms with Crippen molar-refractivity contribution in [3.8, 4) is 5.75 Å². The van der Waals surface area contributed by atoms with Gasteiger partial charge >= 0.3 is 0 Å². The highest BCUT2D eigenvalue weighted by Crippen LogP contribution is 2.16. The summed E-state index contributed by atoms with van der Waals surface area (Å²) in [7, 11) is -3.24. The van der Waals surface area contributed by atoms with E-state index in [9.17, 15) is 13.5 Å². The Hall–Kier alpha value is -2.21. The fourth-order valence-corrected chi connectivity index (χ4v) is 2.25. The second kappa shape index (κ2) is 5.83. The van der Waals surface area contributed by atoms with E-state index in [0.29, 0.717) is 12.2 Å². The van der Waals surface area contributed by atoms with Gasteiger partial charge in [-0.1, -0.05) is 12.1 Å². The Kier molecular flexibility index (Phi) is 4.14. The first-order chi connectivity index (χ1) is 9.42. The molecule has 5 nitrogen and oxygen atoms in total. The fraction of sp³-hybridized carbons (Fsp3) is 0.143. The molecule has 0 aliphatic carbocycles. The van der Waals surface area contributed by atoms with Gasteiger partial charge < -0.3 is 10.4 Å². The molecule has 6 heteroatoms. The molecule has 2 aromatic carbocycles. The minimum absolute atomic E-state index is 0.241. The van der Waals surface area contributed by atoms with Gasteiger partial charge in [0.05, 0.1) is 6.26 Å². The number of rotatable bonds is 5. The molecule has 20 heavy (non-hydrogen) atoms. The van der Waals surface area contributed by atoms with E-state index >= 15 is 0 Å². The standard InChI is InChI=1S/C14H16N2O3S/c1-20(18,19)16-13-6-4-12(5-7-13)15-10-11-2-8-14(17)9-3-11/h2-9,15-17H,10H2,1H3. The zero-order valence-corrected chi connectivity index (χ0v) is 11.8. The highest BCUT2D eigenvalue weighted by Gasteiger charge is 2.01. The second-order valence-electron chi connectivity index (χ2n) is 4.47. The molecule has 0 amide bonds. The predicted octanol–water partition coefficient (Wildman–Crippen LogP) is 2.38. The molecule has 0 heterocycles. The van der Waals surface area contributed by atoms with Gasteiger partial charge in [-0.3, -0.25) is 4.72 Å². The zero-order valence-electron chi connectivity index (χ0n) is 11.0. The average Bonchev–Trinajstić information content (AvgIpc) is 2.38. The molecular formula is C14H16N2O3S.